The fourth-order valence-corrected chi connectivity index (χ4v) is 11.0. The lowest BCUT2D eigenvalue weighted by Gasteiger charge is -2.59. The number of hydrogen-bond donors (Lipinski definition) is 1. The van der Waals surface area contributed by atoms with Gasteiger partial charge in [-0.2, -0.15) is 0 Å². The van der Waals surface area contributed by atoms with Crippen LogP contribution >= 0.6 is 0 Å². The number of carbonyl (C=O) groups excluding carboxylic acids is 1. The normalized spacial score (nSPS) is 33.2. The first-order valence-electron chi connectivity index (χ1n) is 23.1. The van der Waals surface area contributed by atoms with Crippen LogP contribution < -0.4 is 0 Å². The minimum Gasteiger partial charge on any atom is -0.490 e. The van der Waals surface area contributed by atoms with E-state index in [0.29, 0.717) is 64.1 Å². The number of carbonyl (C=O) groups is 1. The van der Waals surface area contributed by atoms with Crippen molar-refractivity contribution < 1.29 is 47.5 Å². The molecule has 11 atom stereocenters. The summed E-state index contributed by atoms with van der Waals surface area (Å²) in [6.45, 7) is 28.2. The second kappa shape index (κ2) is 18.7. The van der Waals surface area contributed by atoms with Gasteiger partial charge < -0.3 is 42.7 Å². The highest BCUT2D eigenvalue weighted by Gasteiger charge is 2.61. The Bertz CT molecular complexity index is 1820. The Morgan fingerprint density at radius 3 is 2.15 bits per heavy atom. The van der Waals surface area contributed by atoms with Gasteiger partial charge in [-0.15, -0.1) is 0 Å². The van der Waals surface area contributed by atoms with E-state index in [1.54, 1.807) is 0 Å². The number of benzene rings is 2. The molecule has 11 heteroatoms. The number of hydrogen-bond acceptors (Lipinski definition) is 10. The Morgan fingerprint density at radius 1 is 0.903 bits per heavy atom. The fourth-order valence-electron chi connectivity index (χ4n) is 9.32. The van der Waals surface area contributed by atoms with Gasteiger partial charge in [-0.3, -0.25) is 4.79 Å². The van der Waals surface area contributed by atoms with Gasteiger partial charge in [0.05, 0.1) is 59.8 Å². The first-order valence-corrected chi connectivity index (χ1v) is 26.0. The summed E-state index contributed by atoms with van der Waals surface area (Å²) in [5, 5.41) is 12.2. The summed E-state index contributed by atoms with van der Waals surface area (Å²) in [5.74, 6) is 0.169. The molecule has 0 saturated carbocycles. The lowest BCUT2D eigenvalue weighted by atomic mass is 9.73. The van der Waals surface area contributed by atoms with Gasteiger partial charge in [0, 0.05) is 25.9 Å². The molecule has 3 fully saturated rings. The maximum absolute atomic E-state index is 13.1. The third-order valence-electron chi connectivity index (χ3n) is 14.5. The number of esters is 1. The van der Waals surface area contributed by atoms with Gasteiger partial charge in [-0.1, -0.05) is 88.4 Å². The number of ether oxygens (including phenoxy) is 7. The first kappa shape index (κ1) is 48.8. The summed E-state index contributed by atoms with van der Waals surface area (Å²) in [5.41, 5.74) is -1.60. The third-order valence-corrected chi connectivity index (χ3v) is 19.1. The van der Waals surface area contributed by atoms with Crippen LogP contribution in [0.1, 0.15) is 126 Å². The number of aliphatic hydroxyl groups excluding tert-OH is 1. The lowest BCUT2D eigenvalue weighted by molar-refractivity contribution is -0.345. The lowest BCUT2D eigenvalue weighted by Crippen LogP contribution is -2.69. The molecule has 4 aliphatic rings. The van der Waals surface area contributed by atoms with Crippen LogP contribution in [-0.4, -0.2) is 91.6 Å². The average molecular weight is 879 g/mol. The summed E-state index contributed by atoms with van der Waals surface area (Å²) in [6, 6.07) is 20.5. The summed E-state index contributed by atoms with van der Waals surface area (Å²) in [7, 11) is -2.47. The Labute approximate surface area is 373 Å². The molecule has 62 heavy (non-hydrogen) atoms. The standard InChI is InChI=1S/C51H78O10Si/c1-35-24-25-39(44(52)51(11,34-56-45(53)46(2,3)4)61-62(12,13)47(5,6)7)57-38-26-27-49(9)40(58-43(35)38)30-41-50(10,60-49)31-42(55-33-37-22-18-15-19-23-37)48(8,59-41)28-29-54-32-36-20-16-14-17-21-36/h14-23,25,35,38,40-44,52H,24,26-34H2,1-13H3/t35-,38+,40+,41-,42-,43-,44?,48+,49-,50+,51-/m1/s1. The number of rotatable bonds is 14. The van der Waals surface area contributed by atoms with Crippen molar-refractivity contribution in [2.45, 2.75) is 205 Å². The van der Waals surface area contributed by atoms with Gasteiger partial charge in [-0.25, -0.2) is 0 Å². The zero-order valence-corrected chi connectivity index (χ0v) is 41.1. The Balaban J connectivity index is 1.21. The van der Waals surface area contributed by atoms with Gasteiger partial charge in [0.1, 0.15) is 30.2 Å². The summed E-state index contributed by atoms with van der Waals surface area (Å²) in [4.78, 5) is 13.1. The third kappa shape index (κ3) is 11.1. The van der Waals surface area contributed by atoms with E-state index in [9.17, 15) is 9.90 Å². The largest absolute Gasteiger partial charge is 0.490 e. The molecule has 0 aliphatic carbocycles. The molecule has 0 spiro atoms. The van der Waals surface area contributed by atoms with Crippen molar-refractivity contribution in [1.82, 2.24) is 0 Å². The minimum atomic E-state index is -2.47. The van der Waals surface area contributed by atoms with Crippen molar-refractivity contribution in [3.8, 4) is 0 Å². The summed E-state index contributed by atoms with van der Waals surface area (Å²) >= 11 is 0. The topological polar surface area (TPSA) is 111 Å². The highest BCUT2D eigenvalue weighted by atomic mass is 28.4. The predicted octanol–water partition coefficient (Wildman–Crippen LogP) is 10.3. The second-order valence-electron chi connectivity index (χ2n) is 22.2. The zero-order chi connectivity index (χ0) is 45.4. The van der Waals surface area contributed by atoms with Crippen LogP contribution in [-0.2, 0) is 55.6 Å². The van der Waals surface area contributed by atoms with Gasteiger partial charge in [0.25, 0.3) is 0 Å². The molecule has 0 amide bonds. The highest BCUT2D eigenvalue weighted by Crippen LogP contribution is 2.52. The van der Waals surface area contributed by atoms with E-state index in [1.807, 2.05) is 70.2 Å². The van der Waals surface area contributed by atoms with Crippen LogP contribution in [0, 0.1) is 11.3 Å². The zero-order valence-electron chi connectivity index (χ0n) is 40.1. The summed E-state index contributed by atoms with van der Waals surface area (Å²) < 4.78 is 54.6. The van der Waals surface area contributed by atoms with E-state index < -0.39 is 42.2 Å². The Kier molecular flexibility index (Phi) is 14.7. The molecule has 2 aromatic carbocycles. The van der Waals surface area contributed by atoms with E-state index in [2.05, 4.69) is 85.8 Å². The highest BCUT2D eigenvalue weighted by molar-refractivity contribution is 6.74. The molecule has 0 radical (unpaired) electrons. The van der Waals surface area contributed by atoms with E-state index in [4.69, 9.17) is 37.6 Å². The quantitative estimate of drug-likeness (QED) is 0.112. The Hall–Kier alpha value is -2.61. The Morgan fingerprint density at radius 2 is 1.53 bits per heavy atom. The number of aliphatic hydroxyl groups is 1. The average Bonchev–Trinajstić information content (AvgIpc) is 3.43. The molecule has 0 aromatic heterocycles. The SMILES string of the molecule is C[C@@H]1CC=C(C(O)[C@@](C)(COC(=O)C(C)(C)C)O[Si](C)(C)C(C)(C)C)O[C@H]2CC[C@@]3(C)O[C@@]4(C)C[C@@H](OCc5ccccc5)[C@](C)(CCOCc5ccccc5)O[C@@H]4C[C@@H]3O[C@H]12. The van der Waals surface area contributed by atoms with Crippen LogP contribution in [0.15, 0.2) is 72.5 Å². The fraction of sp³-hybridized carbons (Fsp3) is 0.706. The van der Waals surface area contributed by atoms with Crippen LogP contribution in [0.2, 0.25) is 18.1 Å². The van der Waals surface area contributed by atoms with Gasteiger partial charge in [0.2, 0.25) is 0 Å². The van der Waals surface area contributed by atoms with Crippen LogP contribution in [0.25, 0.3) is 0 Å². The van der Waals surface area contributed by atoms with Gasteiger partial charge in [-0.05, 0) is 109 Å². The molecular weight excluding hydrogens is 801 g/mol. The maximum Gasteiger partial charge on any atom is 0.311 e. The molecular formula is C51H78O10Si. The first-order chi connectivity index (χ1) is 28.9. The van der Waals surface area contributed by atoms with Gasteiger partial charge >= 0.3 is 5.97 Å². The maximum atomic E-state index is 13.1. The minimum absolute atomic E-state index is 0.0849. The molecule has 6 rings (SSSR count). The van der Waals surface area contributed by atoms with Crippen molar-refractivity contribution in [2.75, 3.05) is 13.2 Å². The molecule has 2 aromatic rings. The molecule has 1 unspecified atom stereocenters. The molecule has 3 saturated heterocycles. The van der Waals surface area contributed by atoms with Crippen LogP contribution in [0.3, 0.4) is 0 Å². The van der Waals surface area contributed by atoms with Crippen molar-refractivity contribution in [1.29, 1.82) is 0 Å². The summed E-state index contributed by atoms with van der Waals surface area (Å²) in [6.07, 6.45) is 3.43. The van der Waals surface area contributed by atoms with E-state index in [-0.39, 0.29) is 54.1 Å². The molecule has 1 N–H and O–H groups in total. The van der Waals surface area contributed by atoms with Crippen LogP contribution in [0.4, 0.5) is 0 Å². The second-order valence-corrected chi connectivity index (χ2v) is 26.9. The van der Waals surface area contributed by atoms with Crippen molar-refractivity contribution in [3.63, 3.8) is 0 Å². The van der Waals surface area contributed by atoms with E-state index in [1.165, 1.54) is 0 Å². The van der Waals surface area contributed by atoms with E-state index >= 15 is 0 Å². The van der Waals surface area contributed by atoms with E-state index in [0.717, 1.165) is 11.1 Å². The smallest absolute Gasteiger partial charge is 0.311 e. The van der Waals surface area contributed by atoms with Crippen molar-refractivity contribution in [3.05, 3.63) is 83.6 Å². The predicted molar refractivity (Wildman–Crippen MR) is 244 cm³/mol. The molecule has 4 aliphatic heterocycles. The number of fused-ring (bicyclic) bond motifs is 3. The molecule has 10 nitrogen and oxygen atoms in total. The van der Waals surface area contributed by atoms with Crippen molar-refractivity contribution in [2.24, 2.45) is 11.3 Å². The van der Waals surface area contributed by atoms with Crippen LogP contribution in [0.5, 0.6) is 0 Å². The number of allylic oxidation sites excluding steroid dienone is 1. The van der Waals surface area contributed by atoms with Crippen molar-refractivity contribution >= 4 is 14.3 Å². The molecule has 4 heterocycles. The molecule has 0 bridgehead atoms. The monoisotopic (exact) mass is 879 g/mol. The molecule has 346 valence electrons. The van der Waals surface area contributed by atoms with Gasteiger partial charge in [0.15, 0.2) is 8.32 Å².